The number of esters is 1. The van der Waals surface area contributed by atoms with Crippen molar-refractivity contribution in [1.82, 2.24) is 0 Å². The van der Waals surface area contributed by atoms with E-state index in [1.54, 1.807) is 67.6 Å². The van der Waals surface area contributed by atoms with Gasteiger partial charge in [0.2, 0.25) is 0 Å². The highest BCUT2D eigenvalue weighted by atomic mass is 35.5. The molecule has 0 saturated carbocycles. The van der Waals surface area contributed by atoms with Crippen molar-refractivity contribution in [2.24, 2.45) is 0 Å². The molecule has 0 aliphatic heterocycles. The zero-order chi connectivity index (χ0) is 24.0. The summed E-state index contributed by atoms with van der Waals surface area (Å²) in [7, 11) is 2.96. The van der Waals surface area contributed by atoms with Crippen molar-refractivity contribution in [3.63, 3.8) is 0 Å². The second-order valence-corrected chi connectivity index (χ2v) is 7.71. The van der Waals surface area contributed by atoms with Gasteiger partial charge in [0.15, 0.2) is 0 Å². The molecule has 0 fully saturated rings. The van der Waals surface area contributed by atoms with Crippen LogP contribution in [0.5, 0.6) is 11.5 Å². The molecule has 0 aromatic heterocycles. The highest BCUT2D eigenvalue weighted by Crippen LogP contribution is 2.34. The number of methoxy groups -OCH3 is 2. The Bertz CT molecular complexity index is 1110. The highest BCUT2D eigenvalue weighted by Gasteiger charge is 2.27. The summed E-state index contributed by atoms with van der Waals surface area (Å²) in [6, 6.07) is 16.8. The van der Waals surface area contributed by atoms with Crippen LogP contribution in [-0.2, 0) is 11.3 Å². The maximum Gasteiger partial charge on any atom is 0.338 e. The fourth-order valence-electron chi connectivity index (χ4n) is 3.31. The SMILES string of the molecule is CCOC(=O)c1ccc(N(Cc2c(Cl)cccc2Cl)C(=O)c2c(OC)cccc2OC)cc1. The van der Waals surface area contributed by atoms with E-state index in [9.17, 15) is 9.59 Å². The van der Waals surface area contributed by atoms with Crippen molar-refractivity contribution in [3.05, 3.63) is 87.4 Å². The minimum Gasteiger partial charge on any atom is -0.496 e. The lowest BCUT2D eigenvalue weighted by Crippen LogP contribution is -2.31. The van der Waals surface area contributed by atoms with Crippen molar-refractivity contribution >= 4 is 40.8 Å². The average Bonchev–Trinajstić information content (AvgIpc) is 2.83. The number of ether oxygens (including phenoxy) is 3. The van der Waals surface area contributed by atoms with Gasteiger partial charge in [-0.15, -0.1) is 0 Å². The Morgan fingerprint density at radius 2 is 1.39 bits per heavy atom. The number of halogens is 2. The van der Waals surface area contributed by atoms with Crippen LogP contribution in [0, 0.1) is 0 Å². The summed E-state index contributed by atoms with van der Waals surface area (Å²) in [5, 5.41) is 0.853. The van der Waals surface area contributed by atoms with Crippen molar-refractivity contribution in [2.75, 3.05) is 25.7 Å². The van der Waals surface area contributed by atoms with Crippen LogP contribution in [0.15, 0.2) is 60.7 Å². The van der Waals surface area contributed by atoms with E-state index in [1.807, 2.05) is 0 Å². The standard InChI is InChI=1S/C25H23Cl2NO5/c1-4-33-25(30)16-11-13-17(14-12-16)28(15-18-19(26)7-5-8-20(18)27)24(29)23-21(31-2)9-6-10-22(23)32-3/h5-14H,4,15H2,1-3H3. The second-order valence-electron chi connectivity index (χ2n) is 6.90. The average molecular weight is 488 g/mol. The molecular formula is C25H23Cl2NO5. The molecule has 172 valence electrons. The molecule has 0 unspecified atom stereocenters. The summed E-state index contributed by atoms with van der Waals surface area (Å²) in [6.07, 6.45) is 0. The van der Waals surface area contributed by atoms with E-state index < -0.39 is 5.97 Å². The fourth-order valence-corrected chi connectivity index (χ4v) is 3.83. The largest absolute Gasteiger partial charge is 0.496 e. The van der Waals surface area contributed by atoms with Crippen LogP contribution in [0.1, 0.15) is 33.2 Å². The lowest BCUT2D eigenvalue weighted by Gasteiger charge is -2.26. The zero-order valence-corrected chi connectivity index (χ0v) is 19.9. The van der Waals surface area contributed by atoms with Gasteiger partial charge in [0, 0.05) is 21.3 Å². The summed E-state index contributed by atoms with van der Waals surface area (Å²) < 4.78 is 15.9. The van der Waals surface area contributed by atoms with E-state index in [4.69, 9.17) is 37.4 Å². The Morgan fingerprint density at radius 1 is 0.848 bits per heavy atom. The fraction of sp³-hybridized carbons (Fsp3) is 0.200. The van der Waals surface area contributed by atoms with Crippen LogP contribution in [-0.4, -0.2) is 32.7 Å². The first-order valence-electron chi connectivity index (χ1n) is 10.1. The van der Waals surface area contributed by atoms with Crippen LogP contribution in [0.25, 0.3) is 0 Å². The van der Waals surface area contributed by atoms with E-state index in [1.165, 1.54) is 19.1 Å². The van der Waals surface area contributed by atoms with Crippen molar-refractivity contribution in [2.45, 2.75) is 13.5 Å². The number of hydrogen-bond acceptors (Lipinski definition) is 5. The molecule has 0 bridgehead atoms. The lowest BCUT2D eigenvalue weighted by atomic mass is 10.1. The summed E-state index contributed by atoms with van der Waals surface area (Å²) in [5.41, 5.74) is 1.73. The van der Waals surface area contributed by atoms with E-state index in [0.717, 1.165) is 0 Å². The molecule has 8 heteroatoms. The number of hydrogen-bond donors (Lipinski definition) is 0. The maximum absolute atomic E-state index is 13.8. The Balaban J connectivity index is 2.10. The van der Waals surface area contributed by atoms with Crippen LogP contribution in [0.4, 0.5) is 5.69 Å². The van der Waals surface area contributed by atoms with Gasteiger partial charge in [0.25, 0.3) is 5.91 Å². The number of nitrogens with zero attached hydrogens (tertiary/aromatic N) is 1. The lowest BCUT2D eigenvalue weighted by molar-refractivity contribution is 0.0526. The van der Waals surface area contributed by atoms with Gasteiger partial charge in [0.1, 0.15) is 17.1 Å². The second kappa shape index (κ2) is 11.1. The molecule has 3 aromatic carbocycles. The molecule has 6 nitrogen and oxygen atoms in total. The summed E-state index contributed by atoms with van der Waals surface area (Å²) in [6.45, 7) is 2.09. The van der Waals surface area contributed by atoms with Gasteiger partial charge in [-0.05, 0) is 55.5 Å². The van der Waals surface area contributed by atoms with E-state index in [-0.39, 0.29) is 24.6 Å². The highest BCUT2D eigenvalue weighted by molar-refractivity contribution is 6.36. The number of benzene rings is 3. The van der Waals surface area contributed by atoms with E-state index >= 15 is 0 Å². The molecule has 1 amide bonds. The van der Waals surface area contributed by atoms with Crippen molar-refractivity contribution in [1.29, 1.82) is 0 Å². The smallest absolute Gasteiger partial charge is 0.338 e. The van der Waals surface area contributed by atoms with Crippen LogP contribution < -0.4 is 14.4 Å². The molecule has 33 heavy (non-hydrogen) atoms. The van der Waals surface area contributed by atoms with Crippen molar-refractivity contribution < 1.29 is 23.8 Å². The molecule has 3 rings (SSSR count). The van der Waals surface area contributed by atoms with Gasteiger partial charge >= 0.3 is 5.97 Å². The Hall–Kier alpha value is -3.22. The number of amides is 1. The predicted octanol–water partition coefficient (Wildman–Crippen LogP) is 6.03. The molecule has 0 aliphatic carbocycles. The predicted molar refractivity (Wildman–Crippen MR) is 129 cm³/mol. The molecule has 0 atom stereocenters. The van der Waals surface area contributed by atoms with Crippen molar-refractivity contribution in [3.8, 4) is 11.5 Å². The topological polar surface area (TPSA) is 65.1 Å². The molecule has 0 aliphatic rings. The number of anilines is 1. The maximum atomic E-state index is 13.8. The minimum absolute atomic E-state index is 0.0807. The zero-order valence-electron chi connectivity index (χ0n) is 18.4. The van der Waals surface area contributed by atoms with Gasteiger partial charge in [-0.1, -0.05) is 35.3 Å². The summed E-state index contributed by atoms with van der Waals surface area (Å²) in [4.78, 5) is 27.4. The number of rotatable bonds is 8. The van der Waals surface area contributed by atoms with E-state index in [0.29, 0.717) is 38.4 Å². The molecule has 0 spiro atoms. The minimum atomic E-state index is -0.442. The number of carbonyl (C=O) groups is 2. The summed E-state index contributed by atoms with van der Waals surface area (Å²) in [5.74, 6) is -0.109. The van der Waals surface area contributed by atoms with Crippen LogP contribution in [0.2, 0.25) is 10.0 Å². The number of carbonyl (C=O) groups excluding carboxylic acids is 2. The Morgan fingerprint density at radius 3 is 1.91 bits per heavy atom. The van der Waals surface area contributed by atoms with E-state index in [2.05, 4.69) is 0 Å². The quantitative estimate of drug-likeness (QED) is 0.362. The third-order valence-corrected chi connectivity index (χ3v) is 5.66. The van der Waals surface area contributed by atoms with Gasteiger partial charge < -0.3 is 19.1 Å². The third kappa shape index (κ3) is 5.41. The third-order valence-electron chi connectivity index (χ3n) is 4.95. The Labute approximate surface area is 202 Å². The first-order chi connectivity index (χ1) is 15.9. The van der Waals surface area contributed by atoms with Gasteiger partial charge in [-0.3, -0.25) is 4.79 Å². The molecule has 0 radical (unpaired) electrons. The molecule has 0 N–H and O–H groups in total. The normalized spacial score (nSPS) is 10.5. The first kappa shape index (κ1) is 24.4. The molecule has 3 aromatic rings. The van der Waals surface area contributed by atoms with Gasteiger partial charge in [-0.2, -0.15) is 0 Å². The van der Waals surface area contributed by atoms with Crippen LogP contribution in [0.3, 0.4) is 0 Å². The van der Waals surface area contributed by atoms with Gasteiger partial charge in [-0.25, -0.2) is 4.79 Å². The molecular weight excluding hydrogens is 465 g/mol. The first-order valence-corrected chi connectivity index (χ1v) is 10.9. The van der Waals surface area contributed by atoms with Crippen LogP contribution >= 0.6 is 23.2 Å². The molecule has 0 saturated heterocycles. The van der Waals surface area contributed by atoms with Gasteiger partial charge in [0.05, 0.1) is 32.9 Å². The monoisotopic (exact) mass is 487 g/mol. The summed E-state index contributed by atoms with van der Waals surface area (Å²) >= 11 is 12.8. The Kier molecular flexibility index (Phi) is 8.20. The molecule has 0 heterocycles.